The second-order valence-corrected chi connectivity index (χ2v) is 3.49. The maximum Gasteiger partial charge on any atom is 0.201 e. The van der Waals surface area contributed by atoms with Crippen LogP contribution in [0.2, 0.25) is 0 Å². The van der Waals surface area contributed by atoms with Crippen LogP contribution < -0.4 is 0 Å². The summed E-state index contributed by atoms with van der Waals surface area (Å²) in [6.45, 7) is 0.387. The van der Waals surface area contributed by atoms with Crippen LogP contribution in [0, 0.1) is 5.92 Å². The fraction of sp³-hybridized carbons (Fsp3) is 0.455. The molecule has 1 aliphatic carbocycles. The summed E-state index contributed by atoms with van der Waals surface area (Å²) >= 11 is 0. The molecule has 0 aromatic heterocycles. The summed E-state index contributed by atoms with van der Waals surface area (Å²) < 4.78 is 18.1. The minimum absolute atomic E-state index is 0.170. The highest BCUT2D eigenvalue weighted by atomic mass is 19.1. The van der Waals surface area contributed by atoms with Crippen molar-refractivity contribution in [2.75, 3.05) is 0 Å². The third-order valence-corrected chi connectivity index (χ3v) is 2.24. The Balaban J connectivity index is 1.78. The molecule has 2 rings (SSSR count). The van der Waals surface area contributed by atoms with E-state index in [1.54, 1.807) is 0 Å². The van der Waals surface area contributed by atoms with Crippen LogP contribution in [-0.4, -0.2) is 6.36 Å². The van der Waals surface area contributed by atoms with Gasteiger partial charge in [-0.2, -0.15) is 0 Å². The van der Waals surface area contributed by atoms with Crippen molar-refractivity contribution in [1.29, 1.82) is 0 Å². The lowest BCUT2D eigenvalue weighted by atomic mass is 10.2. The summed E-state index contributed by atoms with van der Waals surface area (Å²) in [6, 6.07) is 9.70. The molecular weight excluding hydrogens is 167 g/mol. The van der Waals surface area contributed by atoms with Crippen LogP contribution in [0.5, 0.6) is 0 Å². The van der Waals surface area contributed by atoms with E-state index >= 15 is 0 Å². The second-order valence-electron chi connectivity index (χ2n) is 3.49. The monoisotopic (exact) mass is 180 g/mol. The second kappa shape index (κ2) is 3.88. The maximum absolute atomic E-state index is 13.1. The van der Waals surface area contributed by atoms with Crippen molar-refractivity contribution in [1.82, 2.24) is 0 Å². The Labute approximate surface area is 77.5 Å². The summed E-state index contributed by atoms with van der Waals surface area (Å²) in [5.74, 6) is 0.170. The Hall–Kier alpha value is -0.890. The highest BCUT2D eigenvalue weighted by Gasteiger charge is 2.31. The normalized spacial score (nSPS) is 18.5. The first-order valence-corrected chi connectivity index (χ1v) is 4.66. The fourth-order valence-electron chi connectivity index (χ4n) is 1.24. The van der Waals surface area contributed by atoms with Crippen LogP contribution in [0.25, 0.3) is 0 Å². The zero-order chi connectivity index (χ0) is 9.10. The van der Waals surface area contributed by atoms with Crippen molar-refractivity contribution in [3.63, 3.8) is 0 Å². The van der Waals surface area contributed by atoms with E-state index in [9.17, 15) is 4.39 Å². The van der Waals surface area contributed by atoms with Gasteiger partial charge in [-0.15, -0.1) is 0 Å². The Morgan fingerprint density at radius 1 is 1.31 bits per heavy atom. The van der Waals surface area contributed by atoms with E-state index in [1.807, 2.05) is 30.3 Å². The molecule has 1 unspecified atom stereocenters. The molecule has 0 aliphatic heterocycles. The molecule has 2 heteroatoms. The summed E-state index contributed by atoms with van der Waals surface area (Å²) in [5, 5.41) is 0. The first kappa shape index (κ1) is 8.70. The lowest BCUT2D eigenvalue weighted by Crippen LogP contribution is -2.08. The highest BCUT2D eigenvalue weighted by Crippen LogP contribution is 2.35. The Bertz CT molecular complexity index is 256. The zero-order valence-corrected chi connectivity index (χ0v) is 7.45. The first-order valence-electron chi connectivity index (χ1n) is 4.66. The van der Waals surface area contributed by atoms with Crippen molar-refractivity contribution in [3.05, 3.63) is 35.9 Å². The molecule has 13 heavy (non-hydrogen) atoms. The SMILES string of the molecule is FC(OCc1ccccc1)C1CC1. The minimum atomic E-state index is -1.06. The molecule has 1 fully saturated rings. The van der Waals surface area contributed by atoms with Crippen LogP contribution in [0.1, 0.15) is 18.4 Å². The average Bonchev–Trinajstić information content (AvgIpc) is 2.99. The van der Waals surface area contributed by atoms with Gasteiger partial charge in [0, 0.05) is 5.92 Å². The molecule has 1 aromatic rings. The number of alkyl halides is 1. The van der Waals surface area contributed by atoms with Gasteiger partial charge in [0.15, 0.2) is 0 Å². The van der Waals surface area contributed by atoms with E-state index in [4.69, 9.17) is 4.74 Å². The molecule has 1 atom stereocenters. The van der Waals surface area contributed by atoms with Gasteiger partial charge in [-0.1, -0.05) is 30.3 Å². The van der Waals surface area contributed by atoms with Crippen LogP contribution in [0.4, 0.5) is 4.39 Å². The molecule has 0 radical (unpaired) electrons. The van der Waals surface area contributed by atoms with Gasteiger partial charge < -0.3 is 4.74 Å². The van der Waals surface area contributed by atoms with Crippen molar-refractivity contribution in [2.24, 2.45) is 5.92 Å². The lowest BCUT2D eigenvalue weighted by Gasteiger charge is -2.07. The molecular formula is C11H13FO. The minimum Gasteiger partial charge on any atom is -0.343 e. The summed E-state index contributed by atoms with van der Waals surface area (Å²) in [6.07, 6.45) is 0.909. The smallest absolute Gasteiger partial charge is 0.201 e. The van der Waals surface area contributed by atoms with Crippen LogP contribution in [0.15, 0.2) is 30.3 Å². The molecule has 0 amide bonds. The quantitative estimate of drug-likeness (QED) is 0.692. The van der Waals surface area contributed by atoms with Gasteiger partial charge in [0.25, 0.3) is 0 Å². The van der Waals surface area contributed by atoms with Gasteiger partial charge >= 0.3 is 0 Å². The maximum atomic E-state index is 13.1. The number of hydrogen-bond donors (Lipinski definition) is 0. The summed E-state index contributed by atoms with van der Waals surface area (Å²) in [4.78, 5) is 0. The summed E-state index contributed by atoms with van der Waals surface area (Å²) in [5.41, 5.74) is 1.03. The number of halogens is 1. The molecule has 0 bridgehead atoms. The van der Waals surface area contributed by atoms with E-state index in [0.717, 1.165) is 18.4 Å². The van der Waals surface area contributed by atoms with Gasteiger partial charge in [0.1, 0.15) is 0 Å². The molecule has 0 N–H and O–H groups in total. The molecule has 0 heterocycles. The third kappa shape index (κ3) is 2.52. The predicted molar refractivity (Wildman–Crippen MR) is 48.9 cm³/mol. The molecule has 0 spiro atoms. The summed E-state index contributed by atoms with van der Waals surface area (Å²) in [7, 11) is 0. The van der Waals surface area contributed by atoms with Crippen LogP contribution in [-0.2, 0) is 11.3 Å². The van der Waals surface area contributed by atoms with Gasteiger partial charge in [0.2, 0.25) is 6.36 Å². The largest absolute Gasteiger partial charge is 0.343 e. The van der Waals surface area contributed by atoms with Crippen LogP contribution >= 0.6 is 0 Å². The van der Waals surface area contributed by atoms with E-state index in [0.29, 0.717) is 6.61 Å². The molecule has 1 aliphatic rings. The molecule has 70 valence electrons. The van der Waals surface area contributed by atoms with Gasteiger partial charge in [-0.05, 0) is 18.4 Å². The molecule has 0 saturated heterocycles. The average molecular weight is 180 g/mol. The number of hydrogen-bond acceptors (Lipinski definition) is 1. The van der Waals surface area contributed by atoms with E-state index in [1.165, 1.54) is 0 Å². The van der Waals surface area contributed by atoms with E-state index < -0.39 is 6.36 Å². The van der Waals surface area contributed by atoms with E-state index in [-0.39, 0.29) is 5.92 Å². The third-order valence-electron chi connectivity index (χ3n) is 2.24. The van der Waals surface area contributed by atoms with Crippen LogP contribution in [0.3, 0.4) is 0 Å². The zero-order valence-electron chi connectivity index (χ0n) is 7.45. The van der Waals surface area contributed by atoms with Crippen molar-refractivity contribution in [3.8, 4) is 0 Å². The van der Waals surface area contributed by atoms with Gasteiger partial charge in [0.05, 0.1) is 6.61 Å². The lowest BCUT2D eigenvalue weighted by molar-refractivity contribution is -0.0630. The van der Waals surface area contributed by atoms with Gasteiger partial charge in [-0.25, -0.2) is 4.39 Å². The highest BCUT2D eigenvalue weighted by molar-refractivity contribution is 5.13. The molecule has 1 aromatic carbocycles. The van der Waals surface area contributed by atoms with Crippen molar-refractivity contribution in [2.45, 2.75) is 25.8 Å². The number of rotatable bonds is 4. The first-order chi connectivity index (χ1) is 6.36. The number of ether oxygens (including phenoxy) is 1. The Morgan fingerprint density at radius 2 is 2.00 bits per heavy atom. The van der Waals surface area contributed by atoms with Crippen molar-refractivity contribution >= 4 is 0 Å². The fourth-order valence-corrected chi connectivity index (χ4v) is 1.24. The number of benzene rings is 1. The topological polar surface area (TPSA) is 9.23 Å². The Kier molecular flexibility index (Phi) is 2.60. The van der Waals surface area contributed by atoms with Gasteiger partial charge in [-0.3, -0.25) is 0 Å². The van der Waals surface area contributed by atoms with E-state index in [2.05, 4.69) is 0 Å². The Morgan fingerprint density at radius 3 is 2.62 bits per heavy atom. The predicted octanol–water partition coefficient (Wildman–Crippen LogP) is 2.91. The molecule has 1 nitrogen and oxygen atoms in total. The standard InChI is InChI=1S/C11H13FO/c12-11(10-6-7-10)13-8-9-4-2-1-3-5-9/h1-5,10-11H,6-8H2. The molecule has 1 saturated carbocycles. The van der Waals surface area contributed by atoms with Crippen molar-refractivity contribution < 1.29 is 9.13 Å².